The van der Waals surface area contributed by atoms with E-state index in [0.717, 1.165) is 10.5 Å². The van der Waals surface area contributed by atoms with Crippen molar-refractivity contribution in [1.82, 2.24) is 10.2 Å². The number of aryl methyl sites for hydroxylation is 1. The van der Waals surface area contributed by atoms with Crippen LogP contribution in [0.25, 0.3) is 0 Å². The summed E-state index contributed by atoms with van der Waals surface area (Å²) in [5.41, 5.74) is 1.93. The lowest BCUT2D eigenvalue weighted by Crippen LogP contribution is -2.50. The van der Waals surface area contributed by atoms with Gasteiger partial charge in [-0.25, -0.2) is 0 Å². The first-order valence-corrected chi connectivity index (χ1v) is 12.2. The van der Waals surface area contributed by atoms with Crippen LogP contribution < -0.4 is 5.32 Å². The summed E-state index contributed by atoms with van der Waals surface area (Å²) in [6, 6.07) is 12.7. The number of hydrogen-bond donors (Lipinski definition) is 1. The Morgan fingerprint density at radius 2 is 1.77 bits per heavy atom. The molecule has 0 fully saturated rings. The van der Waals surface area contributed by atoms with E-state index in [9.17, 15) is 9.59 Å². The zero-order valence-corrected chi connectivity index (χ0v) is 20.8. The summed E-state index contributed by atoms with van der Waals surface area (Å²) >= 11 is 13.9. The topological polar surface area (TPSA) is 49.4 Å². The van der Waals surface area contributed by atoms with E-state index in [0.29, 0.717) is 28.9 Å². The molecule has 0 heterocycles. The highest BCUT2D eigenvalue weighted by Crippen LogP contribution is 2.25. The Balaban J connectivity index is 2.22. The van der Waals surface area contributed by atoms with Gasteiger partial charge in [0, 0.05) is 28.0 Å². The maximum absolute atomic E-state index is 13.3. The number of halogens is 2. The average Bonchev–Trinajstić information content (AvgIpc) is 2.73. The summed E-state index contributed by atoms with van der Waals surface area (Å²) in [6.45, 7) is 8.83. The van der Waals surface area contributed by atoms with E-state index in [-0.39, 0.29) is 24.1 Å². The first kappa shape index (κ1) is 25.6. The molecule has 7 heteroatoms. The van der Waals surface area contributed by atoms with Crippen LogP contribution in [0.4, 0.5) is 0 Å². The minimum Gasteiger partial charge on any atom is -0.354 e. The third-order valence-corrected chi connectivity index (χ3v) is 6.39. The normalized spacial score (nSPS) is 12.0. The van der Waals surface area contributed by atoms with Gasteiger partial charge in [0.1, 0.15) is 6.04 Å². The smallest absolute Gasteiger partial charge is 0.242 e. The molecule has 2 aromatic carbocycles. The number of carbonyl (C=O) groups excluding carboxylic acids is 2. The van der Waals surface area contributed by atoms with Gasteiger partial charge < -0.3 is 10.2 Å². The van der Waals surface area contributed by atoms with E-state index in [1.807, 2.05) is 52.0 Å². The number of nitrogens with zero attached hydrogens (tertiary/aromatic N) is 1. The van der Waals surface area contributed by atoms with Crippen LogP contribution >= 0.6 is 35.0 Å². The third-order valence-electron chi connectivity index (χ3n) is 4.81. The van der Waals surface area contributed by atoms with Crippen molar-refractivity contribution >= 4 is 46.8 Å². The van der Waals surface area contributed by atoms with Crippen LogP contribution in [0.2, 0.25) is 10.0 Å². The fourth-order valence-corrected chi connectivity index (χ4v) is 4.29. The standard InChI is InChI=1S/C24H30Cl2N2O2S/c1-5-22(24(30)27-13-16(2)3)28(14-18-8-9-19(25)12-21(18)26)23(29)15-31-20-10-6-17(4)7-11-20/h6-12,16,22H,5,13-15H2,1-4H3,(H,27,30)/t22-/m0/s1. The maximum Gasteiger partial charge on any atom is 0.242 e. The largest absolute Gasteiger partial charge is 0.354 e. The predicted octanol–water partition coefficient (Wildman–Crippen LogP) is 5.97. The van der Waals surface area contributed by atoms with Gasteiger partial charge in [0.05, 0.1) is 5.75 Å². The highest BCUT2D eigenvalue weighted by atomic mass is 35.5. The fourth-order valence-electron chi connectivity index (χ4n) is 3.04. The highest BCUT2D eigenvalue weighted by molar-refractivity contribution is 8.00. The van der Waals surface area contributed by atoms with Gasteiger partial charge in [-0.1, -0.05) is 67.7 Å². The van der Waals surface area contributed by atoms with Gasteiger partial charge in [0.25, 0.3) is 0 Å². The van der Waals surface area contributed by atoms with E-state index in [2.05, 4.69) is 5.32 Å². The Morgan fingerprint density at radius 1 is 1.10 bits per heavy atom. The number of benzene rings is 2. The molecule has 0 aliphatic carbocycles. The highest BCUT2D eigenvalue weighted by Gasteiger charge is 2.29. The Kier molecular flexibility index (Phi) is 10.2. The predicted molar refractivity (Wildman–Crippen MR) is 131 cm³/mol. The first-order valence-electron chi connectivity index (χ1n) is 10.4. The number of nitrogens with one attached hydrogen (secondary N) is 1. The molecule has 0 aromatic heterocycles. The van der Waals surface area contributed by atoms with Crippen molar-refractivity contribution in [2.75, 3.05) is 12.3 Å². The third kappa shape index (κ3) is 8.06. The van der Waals surface area contributed by atoms with E-state index in [1.54, 1.807) is 23.1 Å². The minimum atomic E-state index is -0.573. The molecule has 0 spiro atoms. The lowest BCUT2D eigenvalue weighted by molar-refractivity contribution is -0.139. The molecular formula is C24H30Cl2N2O2S. The van der Waals surface area contributed by atoms with Crippen LogP contribution in [-0.2, 0) is 16.1 Å². The molecule has 0 unspecified atom stereocenters. The molecular weight excluding hydrogens is 451 g/mol. The van der Waals surface area contributed by atoms with Gasteiger partial charge in [-0.15, -0.1) is 11.8 Å². The van der Waals surface area contributed by atoms with Gasteiger partial charge in [-0.3, -0.25) is 9.59 Å². The Morgan fingerprint density at radius 3 is 2.35 bits per heavy atom. The Bertz CT molecular complexity index is 888. The molecule has 1 N–H and O–H groups in total. The molecule has 0 bridgehead atoms. The summed E-state index contributed by atoms with van der Waals surface area (Å²) < 4.78 is 0. The quantitative estimate of drug-likeness (QED) is 0.425. The second-order valence-electron chi connectivity index (χ2n) is 7.92. The van der Waals surface area contributed by atoms with E-state index >= 15 is 0 Å². The van der Waals surface area contributed by atoms with Crippen LogP contribution in [0, 0.1) is 12.8 Å². The van der Waals surface area contributed by atoms with Crippen molar-refractivity contribution in [2.24, 2.45) is 5.92 Å². The van der Waals surface area contributed by atoms with Crippen LogP contribution in [0.5, 0.6) is 0 Å². The molecule has 1 atom stereocenters. The van der Waals surface area contributed by atoms with E-state index in [1.165, 1.54) is 17.3 Å². The van der Waals surface area contributed by atoms with Gasteiger partial charge in [0.15, 0.2) is 0 Å². The van der Waals surface area contributed by atoms with Crippen molar-refractivity contribution in [1.29, 1.82) is 0 Å². The van der Waals surface area contributed by atoms with Crippen molar-refractivity contribution in [2.45, 2.75) is 51.6 Å². The van der Waals surface area contributed by atoms with Crippen LogP contribution in [0.15, 0.2) is 47.4 Å². The van der Waals surface area contributed by atoms with Crippen LogP contribution in [0.1, 0.15) is 38.3 Å². The molecule has 0 aliphatic rings. The number of hydrogen-bond acceptors (Lipinski definition) is 3. The Hall–Kier alpha value is -1.69. The molecule has 2 amide bonds. The number of carbonyl (C=O) groups is 2. The lowest BCUT2D eigenvalue weighted by Gasteiger charge is -2.31. The second kappa shape index (κ2) is 12.4. The molecule has 4 nitrogen and oxygen atoms in total. The first-order chi connectivity index (χ1) is 14.7. The summed E-state index contributed by atoms with van der Waals surface area (Å²) in [4.78, 5) is 28.8. The van der Waals surface area contributed by atoms with Gasteiger partial charge in [-0.2, -0.15) is 0 Å². The van der Waals surface area contributed by atoms with Crippen LogP contribution in [-0.4, -0.2) is 35.1 Å². The van der Waals surface area contributed by atoms with Crippen molar-refractivity contribution in [3.05, 3.63) is 63.6 Å². The van der Waals surface area contributed by atoms with Crippen molar-refractivity contribution in [3.63, 3.8) is 0 Å². The number of amides is 2. The van der Waals surface area contributed by atoms with E-state index < -0.39 is 6.04 Å². The minimum absolute atomic E-state index is 0.108. The lowest BCUT2D eigenvalue weighted by atomic mass is 10.1. The van der Waals surface area contributed by atoms with Crippen molar-refractivity contribution in [3.8, 4) is 0 Å². The Labute approximate surface area is 199 Å². The van der Waals surface area contributed by atoms with Crippen molar-refractivity contribution < 1.29 is 9.59 Å². The summed E-state index contributed by atoms with van der Waals surface area (Å²) in [7, 11) is 0. The van der Waals surface area contributed by atoms with Crippen LogP contribution in [0.3, 0.4) is 0 Å². The maximum atomic E-state index is 13.3. The zero-order valence-electron chi connectivity index (χ0n) is 18.5. The molecule has 2 aromatic rings. The second-order valence-corrected chi connectivity index (χ2v) is 9.81. The molecule has 168 valence electrons. The molecule has 2 rings (SSSR count). The molecule has 0 radical (unpaired) electrons. The van der Waals surface area contributed by atoms with Gasteiger partial charge >= 0.3 is 0 Å². The monoisotopic (exact) mass is 480 g/mol. The zero-order chi connectivity index (χ0) is 23.0. The number of rotatable bonds is 10. The molecule has 0 saturated carbocycles. The molecule has 0 aliphatic heterocycles. The fraction of sp³-hybridized carbons (Fsp3) is 0.417. The SMILES string of the molecule is CC[C@@H](C(=O)NCC(C)C)N(Cc1ccc(Cl)cc1Cl)C(=O)CSc1ccc(C)cc1. The summed E-state index contributed by atoms with van der Waals surface area (Å²) in [5, 5.41) is 3.98. The molecule has 0 saturated heterocycles. The van der Waals surface area contributed by atoms with Gasteiger partial charge in [-0.05, 0) is 49.1 Å². The van der Waals surface area contributed by atoms with E-state index in [4.69, 9.17) is 23.2 Å². The van der Waals surface area contributed by atoms with Gasteiger partial charge in [0.2, 0.25) is 11.8 Å². The molecule has 31 heavy (non-hydrogen) atoms. The number of thioether (sulfide) groups is 1. The average molecular weight is 481 g/mol. The summed E-state index contributed by atoms with van der Waals surface area (Å²) in [5.74, 6) is 0.314. The summed E-state index contributed by atoms with van der Waals surface area (Å²) in [6.07, 6.45) is 0.510.